The van der Waals surface area contributed by atoms with Gasteiger partial charge in [-0.05, 0) is 12.8 Å². The van der Waals surface area contributed by atoms with E-state index in [2.05, 4.69) is 6.92 Å². The summed E-state index contributed by atoms with van der Waals surface area (Å²) in [5, 5.41) is 8.95. The highest BCUT2D eigenvalue weighted by atomic mass is 16.4. The molecule has 0 radical (unpaired) electrons. The Balaban J connectivity index is 3.86. The predicted octanol–water partition coefficient (Wildman–Crippen LogP) is 3.42. The van der Waals surface area contributed by atoms with Crippen molar-refractivity contribution in [3.63, 3.8) is 0 Å². The van der Waals surface area contributed by atoms with Gasteiger partial charge in [0.1, 0.15) is 11.7 Å². The zero-order valence-electron chi connectivity index (χ0n) is 10.5. The normalized spacial score (nSPS) is 12.4. The van der Waals surface area contributed by atoms with Crippen molar-refractivity contribution < 1.29 is 14.7 Å². The summed E-state index contributed by atoms with van der Waals surface area (Å²) in [4.78, 5) is 22.4. The van der Waals surface area contributed by atoms with E-state index in [1.165, 1.54) is 12.8 Å². The molecule has 0 aromatic rings. The van der Waals surface area contributed by atoms with Crippen LogP contribution < -0.4 is 0 Å². The van der Waals surface area contributed by atoms with E-state index in [9.17, 15) is 9.59 Å². The molecule has 1 N–H and O–H groups in total. The standard InChI is InChI=1S/C13H24O3/c1-3-5-6-7-8-10-11(13(15)16)12(14)9-4-2/h11H,3-10H2,1-2H3,(H,15,16). The molecule has 0 rings (SSSR count). The molecular formula is C13H24O3. The van der Waals surface area contributed by atoms with Gasteiger partial charge in [-0.15, -0.1) is 0 Å². The second-order valence-corrected chi connectivity index (χ2v) is 4.31. The second-order valence-electron chi connectivity index (χ2n) is 4.31. The highest BCUT2D eigenvalue weighted by Crippen LogP contribution is 2.15. The smallest absolute Gasteiger partial charge is 0.314 e. The Bertz CT molecular complexity index is 211. The quantitative estimate of drug-likeness (QED) is 0.460. The number of Topliss-reactive ketones (excluding diaryl/α,β-unsaturated/α-hetero) is 1. The third-order valence-electron chi connectivity index (χ3n) is 2.78. The molecule has 0 fully saturated rings. The fraction of sp³-hybridized carbons (Fsp3) is 0.846. The topological polar surface area (TPSA) is 54.4 Å². The molecule has 3 heteroatoms. The van der Waals surface area contributed by atoms with Gasteiger partial charge in [0.25, 0.3) is 0 Å². The summed E-state index contributed by atoms with van der Waals surface area (Å²) < 4.78 is 0. The third-order valence-corrected chi connectivity index (χ3v) is 2.78. The highest BCUT2D eigenvalue weighted by molar-refractivity contribution is 5.98. The molecule has 16 heavy (non-hydrogen) atoms. The number of rotatable bonds is 10. The minimum absolute atomic E-state index is 0.106. The minimum Gasteiger partial charge on any atom is -0.481 e. The van der Waals surface area contributed by atoms with Crippen LogP contribution in [0.4, 0.5) is 0 Å². The molecule has 0 aliphatic heterocycles. The molecule has 0 saturated carbocycles. The van der Waals surface area contributed by atoms with Gasteiger partial charge in [-0.3, -0.25) is 9.59 Å². The van der Waals surface area contributed by atoms with Crippen molar-refractivity contribution in [2.24, 2.45) is 5.92 Å². The molecule has 0 heterocycles. The molecular weight excluding hydrogens is 204 g/mol. The average molecular weight is 228 g/mol. The van der Waals surface area contributed by atoms with Crippen molar-refractivity contribution in [1.29, 1.82) is 0 Å². The zero-order valence-corrected chi connectivity index (χ0v) is 10.5. The first-order valence-electron chi connectivity index (χ1n) is 6.39. The predicted molar refractivity (Wildman–Crippen MR) is 64.4 cm³/mol. The van der Waals surface area contributed by atoms with Crippen molar-refractivity contribution in [2.75, 3.05) is 0 Å². The van der Waals surface area contributed by atoms with Crippen LogP contribution in [0.25, 0.3) is 0 Å². The fourth-order valence-electron chi connectivity index (χ4n) is 1.79. The first kappa shape index (κ1) is 15.1. The lowest BCUT2D eigenvalue weighted by Crippen LogP contribution is -2.23. The molecule has 0 aromatic carbocycles. The number of carboxylic acid groups (broad SMARTS) is 1. The van der Waals surface area contributed by atoms with Gasteiger partial charge in [0.15, 0.2) is 0 Å². The van der Waals surface area contributed by atoms with Crippen molar-refractivity contribution in [3.8, 4) is 0 Å². The number of carbonyl (C=O) groups excluding carboxylic acids is 1. The molecule has 94 valence electrons. The summed E-state index contributed by atoms with van der Waals surface area (Å²) in [5.41, 5.74) is 0. The Labute approximate surface area is 98.2 Å². The van der Waals surface area contributed by atoms with E-state index in [1.807, 2.05) is 6.92 Å². The van der Waals surface area contributed by atoms with E-state index in [0.29, 0.717) is 12.8 Å². The van der Waals surface area contributed by atoms with Gasteiger partial charge in [-0.1, -0.05) is 46.0 Å². The Kier molecular flexibility index (Phi) is 8.87. The fourth-order valence-corrected chi connectivity index (χ4v) is 1.79. The van der Waals surface area contributed by atoms with Crippen molar-refractivity contribution >= 4 is 11.8 Å². The molecule has 0 aromatic heterocycles. The number of hydrogen-bond donors (Lipinski definition) is 1. The lowest BCUT2D eigenvalue weighted by Gasteiger charge is -2.10. The molecule has 3 nitrogen and oxygen atoms in total. The molecule has 0 spiro atoms. The number of hydrogen-bond acceptors (Lipinski definition) is 2. The van der Waals surface area contributed by atoms with E-state index >= 15 is 0 Å². The van der Waals surface area contributed by atoms with Gasteiger partial charge < -0.3 is 5.11 Å². The van der Waals surface area contributed by atoms with Crippen LogP contribution in [0.2, 0.25) is 0 Å². The van der Waals surface area contributed by atoms with E-state index < -0.39 is 11.9 Å². The SMILES string of the molecule is CCCCCCCC(C(=O)O)C(=O)CCC. The Morgan fingerprint density at radius 3 is 2.12 bits per heavy atom. The second kappa shape index (κ2) is 9.37. The van der Waals surface area contributed by atoms with Crippen LogP contribution in [-0.2, 0) is 9.59 Å². The molecule has 0 aliphatic rings. The Hall–Kier alpha value is -0.860. The molecule has 0 bridgehead atoms. The maximum Gasteiger partial charge on any atom is 0.314 e. The van der Waals surface area contributed by atoms with E-state index in [-0.39, 0.29) is 5.78 Å². The first-order valence-corrected chi connectivity index (χ1v) is 6.39. The molecule has 0 saturated heterocycles. The maximum absolute atomic E-state index is 11.5. The van der Waals surface area contributed by atoms with E-state index in [4.69, 9.17) is 5.11 Å². The molecule has 1 unspecified atom stereocenters. The molecule has 1 atom stereocenters. The summed E-state index contributed by atoms with van der Waals surface area (Å²) in [5.74, 6) is -1.82. The van der Waals surface area contributed by atoms with Crippen molar-refractivity contribution in [1.82, 2.24) is 0 Å². The van der Waals surface area contributed by atoms with Crippen molar-refractivity contribution in [3.05, 3.63) is 0 Å². The van der Waals surface area contributed by atoms with Gasteiger partial charge >= 0.3 is 5.97 Å². The third kappa shape index (κ3) is 6.59. The van der Waals surface area contributed by atoms with E-state index in [1.54, 1.807) is 0 Å². The van der Waals surface area contributed by atoms with Crippen LogP contribution in [0.1, 0.15) is 65.2 Å². The van der Waals surface area contributed by atoms with Gasteiger partial charge in [0.05, 0.1) is 0 Å². The van der Waals surface area contributed by atoms with Gasteiger partial charge in [0, 0.05) is 6.42 Å². The average Bonchev–Trinajstić information content (AvgIpc) is 2.23. The summed E-state index contributed by atoms with van der Waals surface area (Å²) >= 11 is 0. The van der Waals surface area contributed by atoms with Crippen LogP contribution in [0.3, 0.4) is 0 Å². The highest BCUT2D eigenvalue weighted by Gasteiger charge is 2.24. The number of carboxylic acids is 1. The monoisotopic (exact) mass is 228 g/mol. The van der Waals surface area contributed by atoms with Gasteiger partial charge in [-0.25, -0.2) is 0 Å². The van der Waals surface area contributed by atoms with E-state index in [0.717, 1.165) is 25.7 Å². The lowest BCUT2D eigenvalue weighted by molar-refractivity contribution is -0.146. The Morgan fingerprint density at radius 1 is 1.00 bits per heavy atom. The van der Waals surface area contributed by atoms with Crippen molar-refractivity contribution in [2.45, 2.75) is 65.2 Å². The number of aliphatic carboxylic acids is 1. The summed E-state index contributed by atoms with van der Waals surface area (Å²) in [6.45, 7) is 4.04. The first-order chi connectivity index (χ1) is 7.63. The van der Waals surface area contributed by atoms with Gasteiger partial charge in [-0.2, -0.15) is 0 Å². The zero-order chi connectivity index (χ0) is 12.4. The maximum atomic E-state index is 11.5. The van der Waals surface area contributed by atoms with Crippen LogP contribution in [0.15, 0.2) is 0 Å². The Morgan fingerprint density at radius 2 is 1.62 bits per heavy atom. The number of ketones is 1. The van der Waals surface area contributed by atoms with Crippen LogP contribution in [0.5, 0.6) is 0 Å². The largest absolute Gasteiger partial charge is 0.481 e. The minimum atomic E-state index is -0.950. The summed E-state index contributed by atoms with van der Waals surface area (Å²) in [7, 11) is 0. The summed E-state index contributed by atoms with van der Waals surface area (Å²) in [6, 6.07) is 0. The molecule has 0 amide bonds. The van der Waals surface area contributed by atoms with Crippen LogP contribution >= 0.6 is 0 Å². The molecule has 0 aliphatic carbocycles. The van der Waals surface area contributed by atoms with Gasteiger partial charge in [0.2, 0.25) is 0 Å². The number of unbranched alkanes of at least 4 members (excludes halogenated alkanes) is 4. The van der Waals surface area contributed by atoms with Crippen LogP contribution in [-0.4, -0.2) is 16.9 Å². The number of carbonyl (C=O) groups is 2. The lowest BCUT2D eigenvalue weighted by atomic mass is 9.94. The van der Waals surface area contributed by atoms with Crippen LogP contribution in [0, 0.1) is 5.92 Å². The summed E-state index contributed by atoms with van der Waals surface area (Å²) in [6.07, 6.45) is 7.05.